The zero-order valence-electron chi connectivity index (χ0n) is 10.9. The molecule has 0 spiro atoms. The number of halogens is 1. The molecule has 1 aromatic carbocycles. The first-order chi connectivity index (χ1) is 9.61. The van der Waals surface area contributed by atoms with Gasteiger partial charge in [0, 0.05) is 17.0 Å². The van der Waals surface area contributed by atoms with Crippen molar-refractivity contribution in [2.45, 2.75) is 13.0 Å². The predicted molar refractivity (Wildman–Crippen MR) is 77.7 cm³/mol. The fourth-order valence-corrected chi connectivity index (χ4v) is 1.91. The lowest BCUT2D eigenvalue weighted by atomic mass is 10.2. The lowest BCUT2D eigenvalue weighted by Gasteiger charge is -2.15. The number of rotatable bonds is 5. The van der Waals surface area contributed by atoms with Gasteiger partial charge >= 0.3 is 0 Å². The van der Waals surface area contributed by atoms with Crippen molar-refractivity contribution in [1.82, 2.24) is 15.3 Å². The normalized spacial score (nSPS) is 12.2. The summed E-state index contributed by atoms with van der Waals surface area (Å²) in [6.07, 6.45) is 1.42. The Hall–Kier alpha value is -1.92. The fraction of sp³-hybridized carbons (Fsp3) is 0.308. The molecule has 0 aliphatic carbocycles. The van der Waals surface area contributed by atoms with Crippen LogP contribution in [0, 0.1) is 0 Å². The fourth-order valence-electron chi connectivity index (χ4n) is 1.75. The molecule has 0 unspecified atom stereocenters. The summed E-state index contributed by atoms with van der Waals surface area (Å²) in [5, 5.41) is 15.7. The molecule has 0 bridgehead atoms. The first kappa shape index (κ1) is 14.5. The van der Waals surface area contributed by atoms with Crippen molar-refractivity contribution in [3.8, 4) is 0 Å². The van der Waals surface area contributed by atoms with Gasteiger partial charge in [-0.3, -0.25) is 4.79 Å². The van der Waals surface area contributed by atoms with Gasteiger partial charge in [0.25, 0.3) is 0 Å². The van der Waals surface area contributed by atoms with E-state index in [0.717, 1.165) is 5.39 Å². The van der Waals surface area contributed by atoms with Crippen molar-refractivity contribution in [2.24, 2.45) is 0 Å². The maximum atomic E-state index is 11.7. The number of amides is 1. The molecule has 0 fully saturated rings. The molecule has 0 aliphatic heterocycles. The quantitative estimate of drug-likeness (QED) is 0.771. The average molecular weight is 295 g/mol. The first-order valence-corrected chi connectivity index (χ1v) is 6.55. The van der Waals surface area contributed by atoms with Crippen LogP contribution in [0.2, 0.25) is 5.02 Å². The number of carbonyl (C=O) groups excluding carboxylic acids is 1. The van der Waals surface area contributed by atoms with Crippen molar-refractivity contribution >= 4 is 34.2 Å². The van der Waals surface area contributed by atoms with E-state index >= 15 is 0 Å². The van der Waals surface area contributed by atoms with Gasteiger partial charge in [-0.1, -0.05) is 11.6 Å². The third-order valence-corrected chi connectivity index (χ3v) is 2.99. The molecule has 1 aromatic heterocycles. The third-order valence-electron chi connectivity index (χ3n) is 2.76. The van der Waals surface area contributed by atoms with Gasteiger partial charge in [0.15, 0.2) is 0 Å². The van der Waals surface area contributed by atoms with Crippen LogP contribution < -0.4 is 10.6 Å². The number of fused-ring (bicyclic) bond motifs is 1. The molecule has 1 heterocycles. The van der Waals surface area contributed by atoms with Crippen molar-refractivity contribution in [3.05, 3.63) is 29.5 Å². The number of carbonyl (C=O) groups is 1. The second-order valence-electron chi connectivity index (χ2n) is 4.26. The van der Waals surface area contributed by atoms with Gasteiger partial charge in [-0.05, 0) is 25.1 Å². The number of benzene rings is 1. The maximum absolute atomic E-state index is 11.7. The summed E-state index contributed by atoms with van der Waals surface area (Å²) in [6.45, 7) is 1.86. The second-order valence-corrected chi connectivity index (χ2v) is 4.70. The van der Waals surface area contributed by atoms with Crippen LogP contribution >= 0.6 is 11.6 Å². The maximum Gasteiger partial charge on any atom is 0.242 e. The topological polar surface area (TPSA) is 87.1 Å². The Morgan fingerprint density at radius 3 is 3.00 bits per heavy atom. The van der Waals surface area contributed by atoms with E-state index < -0.39 is 6.04 Å². The third kappa shape index (κ3) is 3.34. The summed E-state index contributed by atoms with van der Waals surface area (Å²) in [5.41, 5.74) is 0.706. The molecule has 1 atom stereocenters. The summed E-state index contributed by atoms with van der Waals surface area (Å²) in [4.78, 5) is 20.0. The highest BCUT2D eigenvalue weighted by atomic mass is 35.5. The molecule has 106 valence electrons. The minimum atomic E-state index is -0.477. The Morgan fingerprint density at radius 1 is 1.45 bits per heavy atom. The minimum Gasteiger partial charge on any atom is -0.395 e. The monoisotopic (exact) mass is 294 g/mol. The number of aliphatic hydroxyl groups is 1. The van der Waals surface area contributed by atoms with Crippen LogP contribution in [-0.4, -0.2) is 40.2 Å². The predicted octanol–water partition coefficient (Wildman–Crippen LogP) is 1.19. The van der Waals surface area contributed by atoms with Crippen molar-refractivity contribution in [2.75, 3.05) is 18.5 Å². The Morgan fingerprint density at radius 2 is 2.25 bits per heavy atom. The van der Waals surface area contributed by atoms with Gasteiger partial charge in [0.2, 0.25) is 5.91 Å². The number of aromatic nitrogens is 2. The summed E-state index contributed by atoms with van der Waals surface area (Å²) in [7, 11) is 0. The minimum absolute atomic E-state index is 0.0899. The second kappa shape index (κ2) is 6.49. The first-order valence-electron chi connectivity index (χ1n) is 6.17. The molecule has 1 amide bonds. The highest BCUT2D eigenvalue weighted by Crippen LogP contribution is 2.22. The molecule has 2 aromatic rings. The number of hydrogen-bond donors (Lipinski definition) is 3. The van der Waals surface area contributed by atoms with E-state index in [9.17, 15) is 4.79 Å². The van der Waals surface area contributed by atoms with Gasteiger partial charge in [-0.25, -0.2) is 9.97 Å². The Bertz CT molecular complexity index is 620. The lowest BCUT2D eigenvalue weighted by Crippen LogP contribution is -2.39. The number of anilines is 1. The Kier molecular flexibility index (Phi) is 4.70. The molecule has 0 aliphatic rings. The number of aliphatic hydroxyl groups excluding tert-OH is 1. The molecule has 0 saturated carbocycles. The number of nitrogens with zero attached hydrogens (tertiary/aromatic N) is 2. The zero-order chi connectivity index (χ0) is 14.5. The van der Waals surface area contributed by atoms with E-state index in [-0.39, 0.29) is 19.1 Å². The van der Waals surface area contributed by atoms with Crippen LogP contribution in [0.15, 0.2) is 24.5 Å². The summed E-state index contributed by atoms with van der Waals surface area (Å²) < 4.78 is 0. The smallest absolute Gasteiger partial charge is 0.242 e. The molecule has 3 N–H and O–H groups in total. The summed E-state index contributed by atoms with van der Waals surface area (Å²) >= 11 is 5.92. The molecular weight excluding hydrogens is 280 g/mol. The van der Waals surface area contributed by atoms with E-state index in [0.29, 0.717) is 16.4 Å². The molecule has 2 rings (SSSR count). The average Bonchev–Trinajstić information content (AvgIpc) is 2.44. The van der Waals surface area contributed by atoms with E-state index in [1.165, 1.54) is 6.33 Å². The van der Waals surface area contributed by atoms with Gasteiger partial charge in [-0.15, -0.1) is 0 Å². The zero-order valence-corrected chi connectivity index (χ0v) is 11.7. The van der Waals surface area contributed by atoms with Crippen molar-refractivity contribution < 1.29 is 9.90 Å². The van der Waals surface area contributed by atoms with Crippen LogP contribution in [0.1, 0.15) is 6.92 Å². The highest BCUT2D eigenvalue weighted by Gasteiger charge is 2.14. The number of nitrogens with one attached hydrogen (secondary N) is 2. The molecule has 0 radical (unpaired) electrons. The summed E-state index contributed by atoms with van der Waals surface area (Å²) in [6, 6.07) is 4.81. The molecule has 7 heteroatoms. The SMILES string of the molecule is C[C@H](Nc1ncnc2cc(Cl)ccc12)C(=O)NCCO. The molecule has 20 heavy (non-hydrogen) atoms. The van der Waals surface area contributed by atoms with E-state index in [2.05, 4.69) is 20.6 Å². The van der Waals surface area contributed by atoms with E-state index in [4.69, 9.17) is 16.7 Å². The van der Waals surface area contributed by atoms with Gasteiger partial charge < -0.3 is 15.7 Å². The standard InChI is InChI=1S/C13H15ClN4O2/c1-8(13(20)15-4-5-19)18-12-10-3-2-9(14)6-11(10)16-7-17-12/h2-3,6-8,19H,4-5H2,1H3,(H,15,20)(H,16,17,18)/t8-/m0/s1. The van der Waals surface area contributed by atoms with Crippen LogP contribution in [0.25, 0.3) is 10.9 Å². The van der Waals surface area contributed by atoms with Gasteiger partial charge in [0.1, 0.15) is 18.2 Å². The van der Waals surface area contributed by atoms with Gasteiger partial charge in [-0.2, -0.15) is 0 Å². The Labute approximate surface area is 121 Å². The van der Waals surface area contributed by atoms with Crippen LogP contribution in [0.3, 0.4) is 0 Å². The van der Waals surface area contributed by atoms with Crippen molar-refractivity contribution in [3.63, 3.8) is 0 Å². The molecule has 0 saturated heterocycles. The van der Waals surface area contributed by atoms with Crippen LogP contribution in [-0.2, 0) is 4.79 Å². The Balaban J connectivity index is 2.19. The van der Waals surface area contributed by atoms with E-state index in [1.807, 2.05) is 0 Å². The number of hydrogen-bond acceptors (Lipinski definition) is 5. The van der Waals surface area contributed by atoms with Crippen LogP contribution in [0.4, 0.5) is 5.82 Å². The summed E-state index contributed by atoms with van der Waals surface area (Å²) in [5.74, 6) is 0.359. The van der Waals surface area contributed by atoms with Crippen molar-refractivity contribution in [1.29, 1.82) is 0 Å². The van der Waals surface area contributed by atoms with Crippen LogP contribution in [0.5, 0.6) is 0 Å². The van der Waals surface area contributed by atoms with Gasteiger partial charge in [0.05, 0.1) is 12.1 Å². The molecule has 6 nitrogen and oxygen atoms in total. The van der Waals surface area contributed by atoms with E-state index in [1.54, 1.807) is 25.1 Å². The lowest BCUT2D eigenvalue weighted by molar-refractivity contribution is -0.121. The largest absolute Gasteiger partial charge is 0.395 e. The highest BCUT2D eigenvalue weighted by molar-refractivity contribution is 6.31. The molecular formula is C13H15ClN4O2.